The minimum Gasteiger partial charge on any atom is -0.355 e. The van der Waals surface area contributed by atoms with Crippen LogP contribution in [0.15, 0.2) is 30.3 Å². The van der Waals surface area contributed by atoms with Gasteiger partial charge in [-0.25, -0.2) is 9.07 Å². The molecular formula is C22H31FN6O2. The highest BCUT2D eigenvalue weighted by molar-refractivity contribution is 5.91. The number of amides is 2. The molecule has 3 rings (SSSR count). The number of hydrogen-bond donors (Lipinski definition) is 2. The van der Waals surface area contributed by atoms with E-state index in [4.69, 9.17) is 0 Å². The van der Waals surface area contributed by atoms with Gasteiger partial charge in [0, 0.05) is 38.8 Å². The van der Waals surface area contributed by atoms with Gasteiger partial charge in [-0.05, 0) is 37.1 Å². The summed E-state index contributed by atoms with van der Waals surface area (Å²) in [6, 6.07) is 7.75. The van der Waals surface area contributed by atoms with E-state index < -0.39 is 0 Å². The number of aromatic nitrogens is 2. The highest BCUT2D eigenvalue weighted by atomic mass is 19.1. The number of nitrogens with one attached hydrogen (secondary N) is 2. The van der Waals surface area contributed by atoms with Gasteiger partial charge in [-0.2, -0.15) is 5.10 Å². The fourth-order valence-electron chi connectivity index (χ4n) is 3.44. The predicted octanol–water partition coefficient (Wildman–Crippen LogP) is 1.65. The van der Waals surface area contributed by atoms with Crippen LogP contribution in [-0.2, 0) is 9.59 Å². The molecule has 1 aromatic heterocycles. The van der Waals surface area contributed by atoms with Crippen LogP contribution in [0.2, 0.25) is 0 Å². The second-order valence-electron chi connectivity index (χ2n) is 8.36. The lowest BCUT2D eigenvalue weighted by Crippen LogP contribution is -2.51. The fourth-order valence-corrected chi connectivity index (χ4v) is 3.44. The minimum absolute atomic E-state index is 0.0457. The topological polar surface area (TPSA) is 82.5 Å². The van der Waals surface area contributed by atoms with Crippen LogP contribution in [0.5, 0.6) is 0 Å². The van der Waals surface area contributed by atoms with E-state index in [0.717, 1.165) is 31.9 Å². The van der Waals surface area contributed by atoms with Crippen LogP contribution in [0.25, 0.3) is 5.69 Å². The number of nitrogens with zero attached hydrogens (tertiary/aromatic N) is 4. The number of carbonyl (C=O) groups is 2. The van der Waals surface area contributed by atoms with Crippen molar-refractivity contribution in [2.45, 2.75) is 20.8 Å². The van der Waals surface area contributed by atoms with E-state index in [1.807, 2.05) is 6.92 Å². The first kappa shape index (κ1) is 22.9. The smallest absolute Gasteiger partial charge is 0.239 e. The van der Waals surface area contributed by atoms with E-state index in [9.17, 15) is 14.0 Å². The number of carbonyl (C=O) groups excluding carboxylic acids is 2. The summed E-state index contributed by atoms with van der Waals surface area (Å²) in [5, 5.41) is 10.2. The molecule has 0 spiro atoms. The van der Waals surface area contributed by atoms with Crippen molar-refractivity contribution in [3.05, 3.63) is 41.8 Å². The van der Waals surface area contributed by atoms with Crippen molar-refractivity contribution in [1.29, 1.82) is 0 Å². The molecular weight excluding hydrogens is 399 g/mol. The molecule has 0 saturated carbocycles. The van der Waals surface area contributed by atoms with Crippen molar-refractivity contribution >= 4 is 17.6 Å². The van der Waals surface area contributed by atoms with Crippen molar-refractivity contribution in [2.75, 3.05) is 51.1 Å². The molecule has 1 aromatic carbocycles. The molecule has 2 N–H and O–H groups in total. The standard InChI is InChI=1S/C22H31FN6O2/c1-16(2)13-24-21(30)14-27-8-10-28(11-9-27)15-22(31)25-20-12-17(3)26-29(20)19-6-4-18(23)5-7-19/h4-7,12,16H,8-11,13-15H2,1-3H3,(H,24,30)(H,25,31). The van der Waals surface area contributed by atoms with Crippen LogP contribution in [0, 0.1) is 18.7 Å². The molecule has 0 aliphatic carbocycles. The number of anilines is 1. The number of halogens is 1. The van der Waals surface area contributed by atoms with E-state index in [1.54, 1.807) is 22.9 Å². The van der Waals surface area contributed by atoms with E-state index in [2.05, 4.69) is 39.4 Å². The fraction of sp³-hybridized carbons (Fsp3) is 0.500. The number of rotatable bonds is 8. The van der Waals surface area contributed by atoms with Gasteiger partial charge in [-0.3, -0.25) is 19.4 Å². The normalized spacial score (nSPS) is 15.3. The minimum atomic E-state index is -0.324. The Morgan fingerprint density at radius 2 is 1.61 bits per heavy atom. The highest BCUT2D eigenvalue weighted by Gasteiger charge is 2.21. The predicted molar refractivity (Wildman–Crippen MR) is 118 cm³/mol. The Morgan fingerprint density at radius 3 is 2.19 bits per heavy atom. The average molecular weight is 431 g/mol. The van der Waals surface area contributed by atoms with Gasteiger partial charge in [0.05, 0.1) is 24.5 Å². The van der Waals surface area contributed by atoms with Crippen LogP contribution >= 0.6 is 0 Å². The molecule has 1 aliphatic heterocycles. The van der Waals surface area contributed by atoms with Gasteiger partial charge in [0.2, 0.25) is 11.8 Å². The molecule has 168 valence electrons. The quantitative estimate of drug-likeness (QED) is 0.666. The second kappa shape index (κ2) is 10.5. The Labute approximate surface area is 182 Å². The van der Waals surface area contributed by atoms with Gasteiger partial charge in [0.15, 0.2) is 0 Å². The van der Waals surface area contributed by atoms with Gasteiger partial charge in [0.25, 0.3) is 0 Å². The molecule has 1 fully saturated rings. The molecule has 2 aromatic rings. The number of aryl methyl sites for hydroxylation is 1. The zero-order valence-electron chi connectivity index (χ0n) is 18.4. The Bertz CT molecular complexity index is 888. The van der Waals surface area contributed by atoms with Gasteiger partial charge >= 0.3 is 0 Å². The van der Waals surface area contributed by atoms with Crippen molar-refractivity contribution in [2.24, 2.45) is 5.92 Å². The van der Waals surface area contributed by atoms with Crippen LogP contribution in [0.4, 0.5) is 10.2 Å². The third-order valence-corrected chi connectivity index (χ3v) is 5.08. The largest absolute Gasteiger partial charge is 0.355 e. The van der Waals surface area contributed by atoms with Crippen LogP contribution < -0.4 is 10.6 Å². The Kier molecular flexibility index (Phi) is 7.75. The summed E-state index contributed by atoms with van der Waals surface area (Å²) in [7, 11) is 0. The van der Waals surface area contributed by atoms with E-state index >= 15 is 0 Å². The maximum Gasteiger partial charge on any atom is 0.239 e. The first-order valence-electron chi connectivity index (χ1n) is 10.6. The summed E-state index contributed by atoms with van der Waals surface area (Å²) in [5.74, 6) is 0.572. The number of benzene rings is 1. The Hall–Kier alpha value is -2.78. The molecule has 9 heteroatoms. The molecule has 1 saturated heterocycles. The molecule has 0 atom stereocenters. The molecule has 8 nitrogen and oxygen atoms in total. The number of hydrogen-bond acceptors (Lipinski definition) is 5. The second-order valence-corrected chi connectivity index (χ2v) is 8.36. The summed E-state index contributed by atoms with van der Waals surface area (Å²) in [6.45, 7) is 10.3. The summed E-state index contributed by atoms with van der Waals surface area (Å²) >= 11 is 0. The van der Waals surface area contributed by atoms with Gasteiger partial charge in [-0.1, -0.05) is 13.8 Å². The van der Waals surface area contributed by atoms with Gasteiger partial charge in [0.1, 0.15) is 11.6 Å². The van der Waals surface area contributed by atoms with E-state index in [1.165, 1.54) is 12.1 Å². The SMILES string of the molecule is Cc1cc(NC(=O)CN2CCN(CC(=O)NCC(C)C)CC2)n(-c2ccc(F)cc2)n1. The molecule has 0 unspecified atom stereocenters. The Balaban J connectivity index is 1.48. The van der Waals surface area contributed by atoms with Gasteiger partial charge in [-0.15, -0.1) is 0 Å². The molecule has 0 bridgehead atoms. The Morgan fingerprint density at radius 1 is 1.03 bits per heavy atom. The molecule has 2 amide bonds. The summed E-state index contributed by atoms with van der Waals surface area (Å²) in [5.41, 5.74) is 1.43. The average Bonchev–Trinajstić information content (AvgIpc) is 3.08. The van der Waals surface area contributed by atoms with Crippen molar-refractivity contribution in [3.63, 3.8) is 0 Å². The van der Waals surface area contributed by atoms with Crippen molar-refractivity contribution in [3.8, 4) is 5.69 Å². The van der Waals surface area contributed by atoms with Gasteiger partial charge < -0.3 is 10.6 Å². The molecule has 31 heavy (non-hydrogen) atoms. The molecule has 2 heterocycles. The van der Waals surface area contributed by atoms with E-state index in [-0.39, 0.29) is 24.2 Å². The monoisotopic (exact) mass is 430 g/mol. The third kappa shape index (κ3) is 6.86. The summed E-state index contributed by atoms with van der Waals surface area (Å²) in [4.78, 5) is 28.8. The maximum absolute atomic E-state index is 13.2. The van der Waals surface area contributed by atoms with Crippen LogP contribution in [0.3, 0.4) is 0 Å². The lowest BCUT2D eigenvalue weighted by molar-refractivity contribution is -0.123. The first-order chi connectivity index (χ1) is 14.8. The zero-order valence-corrected chi connectivity index (χ0v) is 18.4. The van der Waals surface area contributed by atoms with Crippen LogP contribution in [-0.4, -0.2) is 77.2 Å². The molecule has 1 aliphatic rings. The summed E-state index contributed by atoms with van der Waals surface area (Å²) < 4.78 is 14.8. The van der Waals surface area contributed by atoms with E-state index in [0.29, 0.717) is 30.5 Å². The highest BCUT2D eigenvalue weighted by Crippen LogP contribution is 2.17. The van der Waals surface area contributed by atoms with Crippen molar-refractivity contribution in [1.82, 2.24) is 24.9 Å². The lowest BCUT2D eigenvalue weighted by atomic mass is 10.2. The third-order valence-electron chi connectivity index (χ3n) is 5.08. The zero-order chi connectivity index (χ0) is 22.4. The first-order valence-corrected chi connectivity index (χ1v) is 10.6. The summed E-state index contributed by atoms with van der Waals surface area (Å²) in [6.07, 6.45) is 0. The lowest BCUT2D eigenvalue weighted by Gasteiger charge is -2.33. The van der Waals surface area contributed by atoms with Crippen molar-refractivity contribution < 1.29 is 14.0 Å². The molecule has 0 radical (unpaired) electrons. The number of piperazine rings is 1. The van der Waals surface area contributed by atoms with Crippen LogP contribution in [0.1, 0.15) is 19.5 Å². The maximum atomic E-state index is 13.2.